The van der Waals surface area contributed by atoms with Crippen molar-refractivity contribution >= 4 is 23.6 Å². The van der Waals surface area contributed by atoms with Crippen molar-refractivity contribution in [1.82, 2.24) is 15.1 Å². The second kappa shape index (κ2) is 6.68. The van der Waals surface area contributed by atoms with Crippen LogP contribution in [0.3, 0.4) is 0 Å². The summed E-state index contributed by atoms with van der Waals surface area (Å²) in [7, 11) is 0. The summed E-state index contributed by atoms with van der Waals surface area (Å²) in [5.74, 6) is -0.379. The van der Waals surface area contributed by atoms with E-state index in [4.69, 9.17) is 0 Å². The van der Waals surface area contributed by atoms with Crippen LogP contribution in [0.2, 0.25) is 0 Å². The van der Waals surface area contributed by atoms with E-state index in [-0.39, 0.29) is 11.8 Å². The van der Waals surface area contributed by atoms with E-state index in [1.807, 2.05) is 42.6 Å². The first kappa shape index (κ1) is 15.8. The second-order valence-electron chi connectivity index (χ2n) is 5.93. The van der Waals surface area contributed by atoms with Crippen LogP contribution in [0.4, 0.5) is 5.69 Å². The quantitative estimate of drug-likeness (QED) is 0.715. The van der Waals surface area contributed by atoms with Gasteiger partial charge in [-0.05, 0) is 35.9 Å². The van der Waals surface area contributed by atoms with Crippen molar-refractivity contribution in [2.24, 2.45) is 0 Å². The highest BCUT2D eigenvalue weighted by Gasteiger charge is 2.18. The predicted molar refractivity (Wildman–Crippen MR) is 98.8 cm³/mol. The molecule has 0 fully saturated rings. The number of fused-ring (bicyclic) bond motifs is 1. The number of benzene rings is 2. The standard InChI is InChI=1S/C20H16N4O2/c25-19(23-16-8-7-15-12-21-20(26)18(15)10-16)9-6-14-11-22-24(13-14)17-4-2-1-3-5-17/h1-11,13H,12H2,(H,21,26)(H,23,25)/b9-6+. The topological polar surface area (TPSA) is 76.0 Å². The molecule has 6 heteroatoms. The third-order valence-corrected chi connectivity index (χ3v) is 4.11. The van der Waals surface area contributed by atoms with E-state index >= 15 is 0 Å². The molecule has 2 aromatic carbocycles. The summed E-state index contributed by atoms with van der Waals surface area (Å²) < 4.78 is 1.75. The van der Waals surface area contributed by atoms with Gasteiger partial charge in [0.05, 0.1) is 11.9 Å². The van der Waals surface area contributed by atoms with Gasteiger partial charge >= 0.3 is 0 Å². The third-order valence-electron chi connectivity index (χ3n) is 4.11. The van der Waals surface area contributed by atoms with Crippen LogP contribution in [-0.2, 0) is 11.3 Å². The fraction of sp³-hybridized carbons (Fsp3) is 0.0500. The molecule has 0 spiro atoms. The predicted octanol–water partition coefficient (Wildman–Crippen LogP) is 2.77. The first-order chi connectivity index (χ1) is 12.7. The van der Waals surface area contributed by atoms with Crippen molar-refractivity contribution in [3.63, 3.8) is 0 Å². The van der Waals surface area contributed by atoms with Gasteiger partial charge in [-0.3, -0.25) is 9.59 Å². The van der Waals surface area contributed by atoms with Crippen LogP contribution in [0, 0.1) is 0 Å². The molecular weight excluding hydrogens is 328 g/mol. The van der Waals surface area contributed by atoms with Crippen molar-refractivity contribution in [2.75, 3.05) is 5.32 Å². The number of carbonyl (C=O) groups excluding carboxylic acids is 2. The molecule has 1 aliphatic rings. The second-order valence-corrected chi connectivity index (χ2v) is 5.93. The maximum absolute atomic E-state index is 12.1. The smallest absolute Gasteiger partial charge is 0.251 e. The van der Waals surface area contributed by atoms with Crippen LogP contribution in [0.15, 0.2) is 67.0 Å². The van der Waals surface area contributed by atoms with Gasteiger partial charge in [-0.15, -0.1) is 0 Å². The van der Waals surface area contributed by atoms with Crippen LogP contribution in [-0.4, -0.2) is 21.6 Å². The number of rotatable bonds is 4. The molecule has 1 aromatic heterocycles. The van der Waals surface area contributed by atoms with E-state index in [1.54, 1.807) is 29.1 Å². The Labute approximate surface area is 150 Å². The molecule has 2 N–H and O–H groups in total. The highest BCUT2D eigenvalue weighted by Crippen LogP contribution is 2.20. The monoisotopic (exact) mass is 344 g/mol. The maximum atomic E-state index is 12.1. The Hall–Kier alpha value is -3.67. The van der Waals surface area contributed by atoms with Crippen LogP contribution >= 0.6 is 0 Å². The van der Waals surface area contributed by atoms with Gasteiger partial charge in [0.15, 0.2) is 0 Å². The minimum absolute atomic E-state index is 0.111. The Morgan fingerprint density at radius 3 is 2.88 bits per heavy atom. The van der Waals surface area contributed by atoms with Crippen molar-refractivity contribution in [3.8, 4) is 5.69 Å². The highest BCUT2D eigenvalue weighted by atomic mass is 16.2. The Bertz CT molecular complexity index is 1010. The van der Waals surface area contributed by atoms with Crippen LogP contribution in [0.1, 0.15) is 21.5 Å². The summed E-state index contributed by atoms with van der Waals surface area (Å²) in [5, 5.41) is 9.81. The van der Waals surface area contributed by atoms with Crippen molar-refractivity contribution < 1.29 is 9.59 Å². The first-order valence-corrected chi connectivity index (χ1v) is 8.19. The molecule has 4 rings (SSSR count). The van der Waals surface area contributed by atoms with Gasteiger partial charge < -0.3 is 10.6 Å². The first-order valence-electron chi connectivity index (χ1n) is 8.19. The number of para-hydroxylation sites is 1. The van der Waals surface area contributed by atoms with Crippen LogP contribution in [0.25, 0.3) is 11.8 Å². The number of aromatic nitrogens is 2. The molecule has 128 valence electrons. The lowest BCUT2D eigenvalue weighted by Gasteiger charge is -2.03. The molecule has 3 aromatic rings. The zero-order valence-corrected chi connectivity index (χ0v) is 13.8. The minimum atomic E-state index is -0.268. The number of amides is 2. The van der Waals surface area contributed by atoms with E-state index in [9.17, 15) is 9.59 Å². The van der Waals surface area contributed by atoms with Crippen molar-refractivity contribution in [3.05, 3.63) is 83.7 Å². The molecule has 0 bridgehead atoms. The normalized spacial score (nSPS) is 12.8. The van der Waals surface area contributed by atoms with E-state index in [1.165, 1.54) is 6.08 Å². The van der Waals surface area contributed by atoms with E-state index in [0.717, 1.165) is 16.8 Å². The lowest BCUT2D eigenvalue weighted by molar-refractivity contribution is -0.111. The summed E-state index contributed by atoms with van der Waals surface area (Å²) in [5.41, 5.74) is 3.91. The van der Waals surface area contributed by atoms with Gasteiger partial charge in [0.2, 0.25) is 5.91 Å². The van der Waals surface area contributed by atoms with Crippen LogP contribution < -0.4 is 10.6 Å². The molecule has 1 aliphatic heterocycles. The number of nitrogens with one attached hydrogen (secondary N) is 2. The summed E-state index contributed by atoms with van der Waals surface area (Å²) >= 11 is 0. The molecule has 0 saturated heterocycles. The Morgan fingerprint density at radius 1 is 1.19 bits per heavy atom. The zero-order chi connectivity index (χ0) is 17.9. The fourth-order valence-corrected chi connectivity index (χ4v) is 2.79. The number of hydrogen-bond donors (Lipinski definition) is 2. The zero-order valence-electron chi connectivity index (χ0n) is 13.8. The molecule has 0 radical (unpaired) electrons. The number of carbonyl (C=O) groups is 2. The van der Waals surface area contributed by atoms with Crippen molar-refractivity contribution in [1.29, 1.82) is 0 Å². The number of nitrogens with zero attached hydrogens (tertiary/aromatic N) is 2. The van der Waals surface area contributed by atoms with E-state index in [2.05, 4.69) is 15.7 Å². The molecule has 2 heterocycles. The van der Waals surface area contributed by atoms with Gasteiger partial charge in [0.25, 0.3) is 5.91 Å². The summed E-state index contributed by atoms with van der Waals surface area (Å²) in [6, 6.07) is 15.1. The molecular formula is C20H16N4O2. The van der Waals surface area contributed by atoms with Gasteiger partial charge in [-0.25, -0.2) is 4.68 Å². The lowest BCUT2D eigenvalue weighted by atomic mass is 10.1. The largest absolute Gasteiger partial charge is 0.348 e. The molecule has 2 amide bonds. The Kier molecular flexibility index (Phi) is 4.07. The molecule has 0 unspecified atom stereocenters. The summed E-state index contributed by atoms with van der Waals surface area (Å²) in [6.07, 6.45) is 6.68. The lowest BCUT2D eigenvalue weighted by Crippen LogP contribution is -2.13. The van der Waals surface area contributed by atoms with E-state index < -0.39 is 0 Å². The highest BCUT2D eigenvalue weighted by molar-refractivity contribution is 6.04. The van der Waals surface area contributed by atoms with E-state index in [0.29, 0.717) is 17.8 Å². The van der Waals surface area contributed by atoms with Gasteiger partial charge in [-0.1, -0.05) is 24.3 Å². The third kappa shape index (κ3) is 3.25. The Morgan fingerprint density at radius 2 is 2.04 bits per heavy atom. The van der Waals surface area contributed by atoms with Gasteiger partial charge in [0, 0.05) is 35.6 Å². The molecule has 26 heavy (non-hydrogen) atoms. The average molecular weight is 344 g/mol. The van der Waals surface area contributed by atoms with Gasteiger partial charge in [0.1, 0.15) is 0 Å². The molecule has 0 saturated carbocycles. The van der Waals surface area contributed by atoms with Crippen molar-refractivity contribution in [2.45, 2.75) is 6.54 Å². The maximum Gasteiger partial charge on any atom is 0.251 e. The SMILES string of the molecule is O=C(/C=C/c1cnn(-c2ccccc2)c1)Nc1ccc2c(c1)C(=O)NC2. The fourth-order valence-electron chi connectivity index (χ4n) is 2.79. The molecule has 0 aliphatic carbocycles. The number of hydrogen-bond acceptors (Lipinski definition) is 3. The number of anilines is 1. The average Bonchev–Trinajstić information content (AvgIpc) is 3.28. The summed E-state index contributed by atoms with van der Waals surface area (Å²) in [4.78, 5) is 23.8. The van der Waals surface area contributed by atoms with Crippen LogP contribution in [0.5, 0.6) is 0 Å². The molecule has 6 nitrogen and oxygen atoms in total. The summed E-state index contributed by atoms with van der Waals surface area (Å²) in [6.45, 7) is 0.535. The van der Waals surface area contributed by atoms with Gasteiger partial charge in [-0.2, -0.15) is 5.10 Å². The molecule has 0 atom stereocenters. The Balaban J connectivity index is 1.43. The minimum Gasteiger partial charge on any atom is -0.348 e.